The Kier molecular flexibility index (Phi) is 2.40. The lowest BCUT2D eigenvalue weighted by atomic mass is 10.3. The summed E-state index contributed by atoms with van der Waals surface area (Å²) >= 11 is 11.6. The van der Waals surface area contributed by atoms with E-state index in [2.05, 4.69) is 9.97 Å². The minimum Gasteiger partial charge on any atom is -0.298 e. The van der Waals surface area contributed by atoms with E-state index in [-0.39, 0.29) is 16.2 Å². The topological polar surface area (TPSA) is 47.8 Å². The van der Waals surface area contributed by atoms with Gasteiger partial charge in [-0.15, -0.1) is 0 Å². The molecule has 15 heavy (non-hydrogen) atoms. The minimum absolute atomic E-state index is 0.190. The van der Waals surface area contributed by atoms with Crippen molar-refractivity contribution < 1.29 is 0 Å². The molecule has 0 bridgehead atoms. The molecule has 0 aromatic carbocycles. The van der Waals surface area contributed by atoms with Crippen LogP contribution in [0.2, 0.25) is 10.2 Å². The Labute approximate surface area is 95.5 Å². The Balaban J connectivity index is 3.06. The molecule has 6 heteroatoms. The van der Waals surface area contributed by atoms with E-state index >= 15 is 0 Å². The smallest absolute Gasteiger partial charge is 0.279 e. The molecule has 0 unspecified atom stereocenters. The van der Waals surface area contributed by atoms with Crippen LogP contribution in [0, 0.1) is 6.92 Å². The van der Waals surface area contributed by atoms with Gasteiger partial charge in [0.2, 0.25) is 0 Å². The number of hydrogen-bond acceptors (Lipinski definition) is 3. The Morgan fingerprint density at radius 1 is 1.27 bits per heavy atom. The lowest BCUT2D eigenvalue weighted by molar-refractivity contribution is 0.789. The molecule has 0 fully saturated rings. The van der Waals surface area contributed by atoms with Crippen molar-refractivity contribution in [2.45, 2.75) is 6.92 Å². The highest BCUT2D eigenvalue weighted by atomic mass is 35.5. The van der Waals surface area contributed by atoms with Gasteiger partial charge < -0.3 is 0 Å². The Bertz CT molecular complexity index is 606. The van der Waals surface area contributed by atoms with Gasteiger partial charge >= 0.3 is 0 Å². The standard InChI is InChI=1S/C9H7Cl2N3O/c1-4-12-7-5(10)3-6(11)13-8(7)9(15)14(4)2/h3H,1-2H3. The largest absolute Gasteiger partial charge is 0.298 e. The Morgan fingerprint density at radius 2 is 1.93 bits per heavy atom. The van der Waals surface area contributed by atoms with Crippen LogP contribution in [-0.2, 0) is 7.05 Å². The molecular formula is C9H7Cl2N3O. The highest BCUT2D eigenvalue weighted by Gasteiger charge is 2.10. The van der Waals surface area contributed by atoms with Gasteiger partial charge in [-0.05, 0) is 13.0 Å². The molecule has 0 aliphatic rings. The van der Waals surface area contributed by atoms with E-state index in [9.17, 15) is 4.79 Å². The first-order chi connectivity index (χ1) is 7.00. The zero-order valence-electron chi connectivity index (χ0n) is 8.08. The SMILES string of the molecule is Cc1nc2c(Cl)cc(Cl)nc2c(=O)n1C. The summed E-state index contributed by atoms with van der Waals surface area (Å²) in [5.74, 6) is 0.582. The monoisotopic (exact) mass is 243 g/mol. The molecule has 2 aromatic rings. The fourth-order valence-corrected chi connectivity index (χ4v) is 1.76. The fourth-order valence-electron chi connectivity index (χ4n) is 1.28. The van der Waals surface area contributed by atoms with Gasteiger partial charge in [0.05, 0.1) is 5.02 Å². The number of pyridine rings is 1. The van der Waals surface area contributed by atoms with Crippen molar-refractivity contribution in [2.75, 3.05) is 0 Å². The van der Waals surface area contributed by atoms with Gasteiger partial charge in [0, 0.05) is 7.05 Å². The second-order valence-electron chi connectivity index (χ2n) is 3.15. The predicted octanol–water partition coefficient (Wildman–Crippen LogP) is 1.94. The van der Waals surface area contributed by atoms with Crippen LogP contribution in [0.25, 0.3) is 11.0 Å². The molecule has 0 amide bonds. The number of nitrogens with zero attached hydrogens (tertiary/aromatic N) is 3. The van der Waals surface area contributed by atoms with Crippen LogP contribution in [0.4, 0.5) is 0 Å². The van der Waals surface area contributed by atoms with Gasteiger partial charge in [0.15, 0.2) is 5.52 Å². The first-order valence-corrected chi connectivity index (χ1v) is 4.95. The maximum absolute atomic E-state index is 11.8. The maximum atomic E-state index is 11.8. The summed E-state index contributed by atoms with van der Waals surface area (Å²) in [5, 5.41) is 0.529. The molecule has 0 radical (unpaired) electrons. The molecule has 2 rings (SSSR count). The summed E-state index contributed by atoms with van der Waals surface area (Å²) in [6.45, 7) is 1.73. The summed E-state index contributed by atoms with van der Waals surface area (Å²) in [7, 11) is 1.63. The maximum Gasteiger partial charge on any atom is 0.279 e. The normalized spacial score (nSPS) is 10.9. The molecule has 0 aliphatic carbocycles. The number of fused-ring (bicyclic) bond motifs is 1. The summed E-state index contributed by atoms with van der Waals surface area (Å²) < 4.78 is 1.40. The Morgan fingerprint density at radius 3 is 2.60 bits per heavy atom. The summed E-state index contributed by atoms with van der Waals surface area (Å²) in [6.07, 6.45) is 0. The van der Waals surface area contributed by atoms with Crippen molar-refractivity contribution in [3.8, 4) is 0 Å². The number of halogens is 2. The second kappa shape index (κ2) is 3.47. The van der Waals surface area contributed by atoms with E-state index < -0.39 is 0 Å². The average molecular weight is 244 g/mol. The molecule has 2 heterocycles. The van der Waals surface area contributed by atoms with E-state index in [1.54, 1.807) is 14.0 Å². The van der Waals surface area contributed by atoms with Crippen molar-refractivity contribution in [3.63, 3.8) is 0 Å². The van der Waals surface area contributed by atoms with Gasteiger partial charge in [-0.2, -0.15) is 0 Å². The molecule has 0 N–H and O–H groups in total. The van der Waals surface area contributed by atoms with Gasteiger partial charge in [0.1, 0.15) is 16.5 Å². The third-order valence-corrected chi connectivity index (χ3v) is 2.66. The minimum atomic E-state index is -0.248. The van der Waals surface area contributed by atoms with E-state index in [1.807, 2.05) is 0 Å². The summed E-state index contributed by atoms with van der Waals surface area (Å²) in [4.78, 5) is 19.9. The number of aryl methyl sites for hydroxylation is 1. The van der Waals surface area contributed by atoms with E-state index in [4.69, 9.17) is 23.2 Å². The van der Waals surface area contributed by atoms with Gasteiger partial charge in [-0.3, -0.25) is 9.36 Å². The molecule has 4 nitrogen and oxygen atoms in total. The zero-order chi connectivity index (χ0) is 11.2. The van der Waals surface area contributed by atoms with Crippen LogP contribution in [0.5, 0.6) is 0 Å². The summed E-state index contributed by atoms with van der Waals surface area (Å²) in [6, 6.07) is 1.47. The van der Waals surface area contributed by atoms with E-state index in [0.29, 0.717) is 16.4 Å². The van der Waals surface area contributed by atoms with Gasteiger partial charge in [-0.1, -0.05) is 23.2 Å². The fraction of sp³-hybridized carbons (Fsp3) is 0.222. The first kappa shape index (κ1) is 10.4. The van der Waals surface area contributed by atoms with Crippen LogP contribution < -0.4 is 5.56 Å². The quantitative estimate of drug-likeness (QED) is 0.665. The van der Waals surface area contributed by atoms with Crippen molar-refractivity contribution in [3.05, 3.63) is 32.4 Å². The van der Waals surface area contributed by atoms with Crippen molar-refractivity contribution in [1.82, 2.24) is 14.5 Å². The molecule has 2 aromatic heterocycles. The molecule has 0 spiro atoms. The van der Waals surface area contributed by atoms with Crippen molar-refractivity contribution in [2.24, 2.45) is 7.05 Å². The number of hydrogen-bond donors (Lipinski definition) is 0. The molecule has 0 saturated heterocycles. The first-order valence-electron chi connectivity index (χ1n) is 4.20. The molecule has 0 atom stereocenters. The molecule has 78 valence electrons. The molecule has 0 saturated carbocycles. The van der Waals surface area contributed by atoms with Crippen LogP contribution >= 0.6 is 23.2 Å². The predicted molar refractivity (Wildman–Crippen MR) is 59.5 cm³/mol. The molecule has 0 aliphatic heterocycles. The van der Waals surface area contributed by atoms with Crippen molar-refractivity contribution >= 4 is 34.2 Å². The molecular weight excluding hydrogens is 237 g/mol. The lowest BCUT2D eigenvalue weighted by Crippen LogP contribution is -2.21. The van der Waals surface area contributed by atoms with Crippen LogP contribution in [0.15, 0.2) is 10.9 Å². The Hall–Kier alpha value is -1.13. The van der Waals surface area contributed by atoms with Gasteiger partial charge in [-0.25, -0.2) is 9.97 Å². The van der Waals surface area contributed by atoms with Crippen LogP contribution in [0.1, 0.15) is 5.82 Å². The third kappa shape index (κ3) is 1.60. The second-order valence-corrected chi connectivity index (χ2v) is 3.94. The highest BCUT2D eigenvalue weighted by molar-refractivity contribution is 6.37. The average Bonchev–Trinajstić information content (AvgIpc) is 2.17. The number of aromatic nitrogens is 3. The van der Waals surface area contributed by atoms with Crippen LogP contribution in [-0.4, -0.2) is 14.5 Å². The van der Waals surface area contributed by atoms with Gasteiger partial charge in [0.25, 0.3) is 5.56 Å². The van der Waals surface area contributed by atoms with E-state index in [1.165, 1.54) is 10.6 Å². The number of rotatable bonds is 0. The van der Waals surface area contributed by atoms with E-state index in [0.717, 1.165) is 0 Å². The third-order valence-electron chi connectivity index (χ3n) is 2.18. The van der Waals surface area contributed by atoms with Crippen molar-refractivity contribution in [1.29, 1.82) is 0 Å². The lowest BCUT2D eigenvalue weighted by Gasteiger charge is -2.05. The zero-order valence-corrected chi connectivity index (χ0v) is 9.60. The van der Waals surface area contributed by atoms with Crippen LogP contribution in [0.3, 0.4) is 0 Å². The highest BCUT2D eigenvalue weighted by Crippen LogP contribution is 2.21. The summed E-state index contributed by atoms with van der Waals surface area (Å²) in [5.41, 5.74) is 0.337.